The first kappa shape index (κ1) is 18.0. The molecule has 3 N–H and O–H groups in total. The Kier molecular flexibility index (Phi) is 7.76. The van der Waals surface area contributed by atoms with Gasteiger partial charge in [0.2, 0.25) is 5.91 Å². The summed E-state index contributed by atoms with van der Waals surface area (Å²) in [5, 5.41) is 3.25. The fourth-order valence-corrected chi connectivity index (χ4v) is 3.22. The largest absolute Gasteiger partial charge is 0.353 e. The number of hydrogen-bond donors (Lipinski definition) is 2. The Hall–Kier alpha value is -1.06. The summed E-state index contributed by atoms with van der Waals surface area (Å²) in [6, 6.07) is 10.3. The van der Waals surface area contributed by atoms with E-state index >= 15 is 0 Å². The normalized spacial score (nSPS) is 23.0. The maximum Gasteiger partial charge on any atom is 0.227 e. The molecule has 0 radical (unpaired) electrons. The van der Waals surface area contributed by atoms with Gasteiger partial charge in [0.15, 0.2) is 0 Å². The van der Waals surface area contributed by atoms with Crippen LogP contribution in [0.15, 0.2) is 30.3 Å². The Balaban J connectivity index is 0.00000220. The third kappa shape index (κ3) is 4.72. The molecule has 4 heteroatoms. The molecule has 3 atom stereocenters. The smallest absolute Gasteiger partial charge is 0.227 e. The summed E-state index contributed by atoms with van der Waals surface area (Å²) in [5.41, 5.74) is 6.94. The second-order valence-electron chi connectivity index (χ2n) is 5.77. The highest BCUT2D eigenvalue weighted by Gasteiger charge is 2.28. The first-order valence-electron chi connectivity index (χ1n) is 7.81. The Bertz CT molecular complexity index is 424. The van der Waals surface area contributed by atoms with Gasteiger partial charge >= 0.3 is 0 Å². The molecule has 3 nitrogen and oxygen atoms in total. The number of amides is 1. The molecular weight excluding hydrogens is 284 g/mol. The van der Waals surface area contributed by atoms with Gasteiger partial charge in [-0.1, -0.05) is 50.1 Å². The quantitative estimate of drug-likeness (QED) is 0.877. The predicted molar refractivity (Wildman–Crippen MR) is 89.7 cm³/mol. The summed E-state index contributed by atoms with van der Waals surface area (Å²) in [6.45, 7) is 2.74. The van der Waals surface area contributed by atoms with E-state index in [9.17, 15) is 4.79 Å². The van der Waals surface area contributed by atoms with Crippen molar-refractivity contribution in [3.8, 4) is 0 Å². The van der Waals surface area contributed by atoms with Gasteiger partial charge in [-0.25, -0.2) is 0 Å². The van der Waals surface area contributed by atoms with Gasteiger partial charge in [0.05, 0.1) is 5.92 Å². The van der Waals surface area contributed by atoms with Gasteiger partial charge in [0.25, 0.3) is 0 Å². The summed E-state index contributed by atoms with van der Waals surface area (Å²) < 4.78 is 0. The van der Waals surface area contributed by atoms with Crippen LogP contribution in [0.5, 0.6) is 0 Å². The Morgan fingerprint density at radius 2 is 1.95 bits per heavy atom. The lowest BCUT2D eigenvalue weighted by molar-refractivity contribution is -0.124. The molecule has 1 aliphatic rings. The van der Waals surface area contributed by atoms with E-state index in [1.54, 1.807) is 0 Å². The van der Waals surface area contributed by atoms with Crippen LogP contribution in [0.1, 0.15) is 50.5 Å². The molecule has 118 valence electrons. The van der Waals surface area contributed by atoms with Crippen LogP contribution in [0.2, 0.25) is 0 Å². The molecule has 21 heavy (non-hydrogen) atoms. The van der Waals surface area contributed by atoms with Gasteiger partial charge in [-0.15, -0.1) is 12.4 Å². The number of hydrogen-bond acceptors (Lipinski definition) is 2. The summed E-state index contributed by atoms with van der Waals surface area (Å²) in [4.78, 5) is 12.6. The first-order valence-corrected chi connectivity index (χ1v) is 7.81. The number of halogens is 1. The highest BCUT2D eigenvalue weighted by Crippen LogP contribution is 2.25. The molecule has 3 unspecified atom stereocenters. The van der Waals surface area contributed by atoms with Crippen molar-refractivity contribution in [1.82, 2.24) is 5.32 Å². The zero-order valence-corrected chi connectivity index (χ0v) is 13.6. The number of carbonyl (C=O) groups excluding carboxylic acids is 1. The third-order valence-corrected chi connectivity index (χ3v) is 4.47. The van der Waals surface area contributed by atoms with E-state index in [1.807, 2.05) is 30.3 Å². The van der Waals surface area contributed by atoms with Crippen LogP contribution in [0.3, 0.4) is 0 Å². The SMILES string of the molecule is CCC(C(=O)NC1CCCCC1CN)c1ccccc1.Cl. The maximum absolute atomic E-state index is 12.6. The van der Waals surface area contributed by atoms with Crippen molar-refractivity contribution < 1.29 is 4.79 Å². The van der Waals surface area contributed by atoms with E-state index in [-0.39, 0.29) is 30.3 Å². The van der Waals surface area contributed by atoms with Gasteiger partial charge in [-0.05, 0) is 37.3 Å². The minimum Gasteiger partial charge on any atom is -0.353 e. The summed E-state index contributed by atoms with van der Waals surface area (Å²) >= 11 is 0. The van der Waals surface area contributed by atoms with Gasteiger partial charge in [0, 0.05) is 6.04 Å². The van der Waals surface area contributed by atoms with Crippen molar-refractivity contribution in [3.05, 3.63) is 35.9 Å². The van der Waals surface area contributed by atoms with Crippen LogP contribution >= 0.6 is 12.4 Å². The molecule has 1 aromatic carbocycles. The van der Waals surface area contributed by atoms with Crippen LogP contribution in [0, 0.1) is 5.92 Å². The van der Waals surface area contributed by atoms with Crippen LogP contribution in [0.4, 0.5) is 0 Å². The highest BCUT2D eigenvalue weighted by atomic mass is 35.5. The Labute approximate surface area is 134 Å². The monoisotopic (exact) mass is 310 g/mol. The fraction of sp³-hybridized carbons (Fsp3) is 0.588. The van der Waals surface area contributed by atoms with Crippen LogP contribution in [-0.4, -0.2) is 18.5 Å². The van der Waals surface area contributed by atoms with Crippen molar-refractivity contribution >= 4 is 18.3 Å². The lowest BCUT2D eigenvalue weighted by Gasteiger charge is -2.32. The van der Waals surface area contributed by atoms with E-state index < -0.39 is 0 Å². The molecule has 0 heterocycles. The predicted octanol–water partition coefficient (Wildman–Crippen LogP) is 3.24. The molecule has 0 spiro atoms. The van der Waals surface area contributed by atoms with E-state index in [0.29, 0.717) is 12.5 Å². The van der Waals surface area contributed by atoms with E-state index in [1.165, 1.54) is 12.8 Å². The summed E-state index contributed by atoms with van der Waals surface area (Å²) in [5.74, 6) is 0.557. The molecule has 1 aliphatic carbocycles. The first-order chi connectivity index (χ1) is 9.76. The average Bonchev–Trinajstić information content (AvgIpc) is 2.49. The zero-order chi connectivity index (χ0) is 14.4. The zero-order valence-electron chi connectivity index (χ0n) is 12.8. The fourth-order valence-electron chi connectivity index (χ4n) is 3.22. The molecule has 0 aliphatic heterocycles. The van der Waals surface area contributed by atoms with Gasteiger partial charge in [-0.3, -0.25) is 4.79 Å². The molecule has 0 aromatic heterocycles. The van der Waals surface area contributed by atoms with Gasteiger partial charge < -0.3 is 11.1 Å². The second kappa shape index (κ2) is 9.06. The van der Waals surface area contributed by atoms with Gasteiger partial charge in [-0.2, -0.15) is 0 Å². The topological polar surface area (TPSA) is 55.1 Å². The number of rotatable bonds is 5. The molecular formula is C17H27ClN2O. The standard InChI is InChI=1S/C17H26N2O.ClH/c1-2-15(13-8-4-3-5-9-13)17(20)19-16-11-7-6-10-14(16)12-18;/h3-5,8-9,14-16H,2,6-7,10-12,18H2,1H3,(H,19,20);1H. The lowest BCUT2D eigenvalue weighted by atomic mass is 9.84. The number of nitrogens with two attached hydrogens (primary N) is 1. The molecule has 2 rings (SSSR count). The van der Waals surface area contributed by atoms with Crippen LogP contribution in [0.25, 0.3) is 0 Å². The van der Waals surface area contributed by atoms with E-state index in [2.05, 4.69) is 12.2 Å². The average molecular weight is 311 g/mol. The number of benzene rings is 1. The maximum atomic E-state index is 12.6. The third-order valence-electron chi connectivity index (χ3n) is 4.47. The molecule has 1 saturated carbocycles. The van der Waals surface area contributed by atoms with Gasteiger partial charge in [0.1, 0.15) is 0 Å². The molecule has 1 aromatic rings. The second-order valence-corrected chi connectivity index (χ2v) is 5.77. The molecule has 1 fully saturated rings. The Morgan fingerprint density at radius 3 is 2.57 bits per heavy atom. The van der Waals surface area contributed by atoms with Crippen LogP contribution < -0.4 is 11.1 Å². The van der Waals surface area contributed by atoms with Crippen molar-refractivity contribution in [3.63, 3.8) is 0 Å². The van der Waals surface area contributed by atoms with Crippen molar-refractivity contribution in [2.24, 2.45) is 11.7 Å². The lowest BCUT2D eigenvalue weighted by Crippen LogP contribution is -2.46. The van der Waals surface area contributed by atoms with Crippen molar-refractivity contribution in [1.29, 1.82) is 0 Å². The summed E-state index contributed by atoms with van der Waals surface area (Å²) in [6.07, 6.45) is 5.48. The number of nitrogens with one attached hydrogen (secondary N) is 1. The van der Waals surface area contributed by atoms with Crippen LogP contribution in [-0.2, 0) is 4.79 Å². The van der Waals surface area contributed by atoms with Crippen molar-refractivity contribution in [2.45, 2.75) is 51.0 Å². The highest BCUT2D eigenvalue weighted by molar-refractivity contribution is 5.85. The molecule has 1 amide bonds. The van der Waals surface area contributed by atoms with E-state index in [0.717, 1.165) is 24.8 Å². The summed E-state index contributed by atoms with van der Waals surface area (Å²) in [7, 11) is 0. The molecule has 0 saturated heterocycles. The van der Waals surface area contributed by atoms with E-state index in [4.69, 9.17) is 5.73 Å². The minimum absolute atomic E-state index is 0. The van der Waals surface area contributed by atoms with Crippen molar-refractivity contribution in [2.75, 3.05) is 6.54 Å². The number of carbonyl (C=O) groups is 1. The Morgan fingerprint density at radius 1 is 1.29 bits per heavy atom. The molecule has 0 bridgehead atoms. The minimum atomic E-state index is -0.0449.